The molecule has 2 aromatic carbocycles. The Kier molecular flexibility index (Phi) is 5.20. The number of hydrogen-bond acceptors (Lipinski definition) is 2. The van der Waals surface area contributed by atoms with Gasteiger partial charge in [0.2, 0.25) is 0 Å². The molecule has 0 heterocycles. The highest BCUT2D eigenvalue weighted by atomic mass is 16.5. The van der Waals surface area contributed by atoms with Crippen LogP contribution in [-0.4, -0.2) is 12.2 Å². The van der Waals surface area contributed by atoms with Crippen LogP contribution in [0.2, 0.25) is 0 Å². The third kappa shape index (κ3) is 3.98. The third-order valence-corrected chi connectivity index (χ3v) is 3.12. The van der Waals surface area contributed by atoms with Gasteiger partial charge in [0.25, 0.3) is 0 Å². The quantitative estimate of drug-likeness (QED) is 0.682. The first-order valence-electron chi connectivity index (χ1n) is 6.78. The van der Waals surface area contributed by atoms with Crippen molar-refractivity contribution in [2.45, 2.75) is 12.5 Å². The molecule has 0 saturated heterocycles. The lowest BCUT2D eigenvalue weighted by molar-refractivity contribution is 0.181. The van der Waals surface area contributed by atoms with Crippen LogP contribution in [0.1, 0.15) is 29.2 Å². The predicted molar refractivity (Wildman–Crippen MR) is 85.2 cm³/mol. The standard InChI is InChI=1S/C19H18O2/c1-3-7-19(20)18-14-17(21-2)13-12-16(18)11-10-15-8-5-4-6-9-15/h3-6,8-9,12-14,19-20H,1,7H2,2H3/t19-/m0/s1. The van der Waals surface area contributed by atoms with E-state index in [-0.39, 0.29) is 0 Å². The number of aliphatic hydroxyl groups is 1. The van der Waals surface area contributed by atoms with E-state index in [0.29, 0.717) is 12.2 Å². The van der Waals surface area contributed by atoms with Gasteiger partial charge in [-0.2, -0.15) is 0 Å². The second-order valence-electron chi connectivity index (χ2n) is 4.61. The third-order valence-electron chi connectivity index (χ3n) is 3.12. The van der Waals surface area contributed by atoms with E-state index >= 15 is 0 Å². The molecule has 0 aromatic heterocycles. The van der Waals surface area contributed by atoms with Crippen molar-refractivity contribution in [2.24, 2.45) is 0 Å². The van der Waals surface area contributed by atoms with Gasteiger partial charge in [-0.3, -0.25) is 0 Å². The van der Waals surface area contributed by atoms with E-state index in [9.17, 15) is 5.11 Å². The minimum Gasteiger partial charge on any atom is -0.497 e. The fourth-order valence-corrected chi connectivity index (χ4v) is 2.00. The fourth-order valence-electron chi connectivity index (χ4n) is 2.00. The minimum atomic E-state index is -0.627. The van der Waals surface area contributed by atoms with E-state index in [1.807, 2.05) is 48.5 Å². The molecular weight excluding hydrogens is 260 g/mol. The summed E-state index contributed by atoms with van der Waals surface area (Å²) in [5, 5.41) is 10.2. The zero-order chi connectivity index (χ0) is 15.1. The van der Waals surface area contributed by atoms with Crippen LogP contribution in [0, 0.1) is 11.8 Å². The van der Waals surface area contributed by atoms with Gasteiger partial charge in [0.1, 0.15) is 5.75 Å². The smallest absolute Gasteiger partial charge is 0.119 e. The Labute approximate surface area is 125 Å². The maximum atomic E-state index is 10.2. The monoisotopic (exact) mass is 278 g/mol. The largest absolute Gasteiger partial charge is 0.497 e. The second kappa shape index (κ2) is 7.33. The molecule has 0 amide bonds. The van der Waals surface area contributed by atoms with Crippen molar-refractivity contribution >= 4 is 0 Å². The lowest BCUT2D eigenvalue weighted by atomic mass is 9.99. The Hall–Kier alpha value is -2.50. The predicted octanol–water partition coefficient (Wildman–Crippen LogP) is 3.70. The molecule has 2 rings (SSSR count). The minimum absolute atomic E-state index is 0.479. The molecule has 0 aliphatic heterocycles. The van der Waals surface area contributed by atoms with Crippen LogP contribution < -0.4 is 4.74 Å². The molecule has 0 spiro atoms. The Bertz CT molecular complexity index is 663. The Balaban J connectivity index is 2.38. The molecule has 2 heteroatoms. The first kappa shape index (κ1) is 14.9. The van der Waals surface area contributed by atoms with Gasteiger partial charge in [-0.05, 0) is 36.8 Å². The van der Waals surface area contributed by atoms with E-state index in [1.165, 1.54) is 0 Å². The van der Waals surface area contributed by atoms with Crippen molar-refractivity contribution in [3.63, 3.8) is 0 Å². The lowest BCUT2D eigenvalue weighted by Gasteiger charge is -2.12. The summed E-state index contributed by atoms with van der Waals surface area (Å²) in [4.78, 5) is 0. The van der Waals surface area contributed by atoms with Gasteiger partial charge >= 0.3 is 0 Å². The highest BCUT2D eigenvalue weighted by Crippen LogP contribution is 2.25. The molecule has 0 saturated carbocycles. The van der Waals surface area contributed by atoms with E-state index in [0.717, 1.165) is 16.7 Å². The zero-order valence-corrected chi connectivity index (χ0v) is 12.0. The van der Waals surface area contributed by atoms with Crippen LogP contribution in [0.5, 0.6) is 5.75 Å². The van der Waals surface area contributed by atoms with Gasteiger partial charge in [-0.25, -0.2) is 0 Å². The summed E-state index contributed by atoms with van der Waals surface area (Å²) in [7, 11) is 1.61. The van der Waals surface area contributed by atoms with Gasteiger partial charge in [0.15, 0.2) is 0 Å². The molecule has 0 unspecified atom stereocenters. The summed E-state index contributed by atoms with van der Waals surface area (Å²) >= 11 is 0. The number of methoxy groups -OCH3 is 1. The summed E-state index contributed by atoms with van der Waals surface area (Å²) < 4.78 is 5.22. The van der Waals surface area contributed by atoms with E-state index in [1.54, 1.807) is 13.2 Å². The van der Waals surface area contributed by atoms with Crippen LogP contribution in [0.3, 0.4) is 0 Å². The highest BCUT2D eigenvalue weighted by molar-refractivity contribution is 5.49. The highest BCUT2D eigenvalue weighted by Gasteiger charge is 2.11. The molecule has 21 heavy (non-hydrogen) atoms. The molecule has 0 aliphatic rings. The van der Waals surface area contributed by atoms with Crippen molar-refractivity contribution in [1.29, 1.82) is 0 Å². The summed E-state index contributed by atoms with van der Waals surface area (Å²) in [5.74, 6) is 6.94. The second-order valence-corrected chi connectivity index (χ2v) is 4.61. The fraction of sp³-hybridized carbons (Fsp3) is 0.158. The van der Waals surface area contributed by atoms with E-state index in [2.05, 4.69) is 18.4 Å². The molecule has 0 bridgehead atoms. The molecular formula is C19H18O2. The molecule has 0 aliphatic carbocycles. The van der Waals surface area contributed by atoms with Crippen molar-refractivity contribution in [2.75, 3.05) is 7.11 Å². The van der Waals surface area contributed by atoms with Gasteiger partial charge in [0.05, 0.1) is 13.2 Å². The summed E-state index contributed by atoms with van der Waals surface area (Å²) in [5.41, 5.74) is 2.50. The van der Waals surface area contributed by atoms with Crippen LogP contribution in [-0.2, 0) is 0 Å². The van der Waals surface area contributed by atoms with Gasteiger partial charge in [-0.15, -0.1) is 6.58 Å². The molecule has 1 atom stereocenters. The SMILES string of the molecule is C=CC[C@H](O)c1cc(OC)ccc1C#Cc1ccccc1. The van der Waals surface area contributed by atoms with Crippen molar-refractivity contribution in [1.82, 2.24) is 0 Å². The molecule has 2 aromatic rings. The van der Waals surface area contributed by atoms with Crippen molar-refractivity contribution in [3.8, 4) is 17.6 Å². The normalized spacial score (nSPS) is 11.1. The summed E-state index contributed by atoms with van der Waals surface area (Å²) in [6.45, 7) is 3.66. The number of ether oxygens (including phenoxy) is 1. The maximum Gasteiger partial charge on any atom is 0.119 e. The van der Waals surface area contributed by atoms with Crippen molar-refractivity contribution in [3.05, 3.63) is 77.9 Å². The van der Waals surface area contributed by atoms with Crippen molar-refractivity contribution < 1.29 is 9.84 Å². The Morgan fingerprint density at radius 2 is 1.95 bits per heavy atom. The van der Waals surface area contributed by atoms with Crippen LogP contribution >= 0.6 is 0 Å². The zero-order valence-electron chi connectivity index (χ0n) is 12.0. The topological polar surface area (TPSA) is 29.5 Å². The molecule has 2 nitrogen and oxygen atoms in total. The van der Waals surface area contributed by atoms with E-state index < -0.39 is 6.10 Å². The molecule has 0 fully saturated rings. The lowest BCUT2D eigenvalue weighted by Crippen LogP contribution is -2.00. The molecule has 0 radical (unpaired) electrons. The first-order valence-corrected chi connectivity index (χ1v) is 6.78. The average Bonchev–Trinajstić information content (AvgIpc) is 2.54. The maximum absolute atomic E-state index is 10.2. The summed E-state index contributed by atoms with van der Waals surface area (Å²) in [6, 6.07) is 15.3. The number of benzene rings is 2. The Morgan fingerprint density at radius 1 is 1.19 bits per heavy atom. The van der Waals surface area contributed by atoms with E-state index in [4.69, 9.17) is 4.74 Å². The first-order chi connectivity index (χ1) is 10.2. The Morgan fingerprint density at radius 3 is 2.62 bits per heavy atom. The molecule has 1 N–H and O–H groups in total. The average molecular weight is 278 g/mol. The van der Waals surface area contributed by atoms with Gasteiger partial charge in [-0.1, -0.05) is 36.1 Å². The van der Waals surface area contributed by atoms with Crippen LogP contribution in [0.4, 0.5) is 0 Å². The molecule has 106 valence electrons. The van der Waals surface area contributed by atoms with Gasteiger partial charge in [0, 0.05) is 16.7 Å². The summed E-state index contributed by atoms with van der Waals surface area (Å²) in [6.07, 6.45) is 1.55. The number of hydrogen-bond donors (Lipinski definition) is 1. The van der Waals surface area contributed by atoms with Gasteiger partial charge < -0.3 is 9.84 Å². The number of rotatable bonds is 4. The van der Waals surface area contributed by atoms with Crippen LogP contribution in [0.15, 0.2) is 61.2 Å². The van der Waals surface area contributed by atoms with Crippen LogP contribution in [0.25, 0.3) is 0 Å². The number of aliphatic hydroxyl groups excluding tert-OH is 1.